The van der Waals surface area contributed by atoms with Crippen LogP contribution < -0.4 is 16.6 Å². The summed E-state index contributed by atoms with van der Waals surface area (Å²) in [5.74, 6) is -1.22. The van der Waals surface area contributed by atoms with Crippen molar-refractivity contribution in [1.82, 2.24) is 15.8 Å². The predicted molar refractivity (Wildman–Crippen MR) is 113 cm³/mol. The van der Waals surface area contributed by atoms with Crippen LogP contribution in [0, 0.1) is 11.3 Å². The molecule has 1 fully saturated rings. The standard InChI is InChI=1S/C19H34N6O5/c1-18(2,3)13(22-17(28)30-19(4,5)6)15(26)25-10-11(14(20)23-24-21-7)9-12(25)16(27)29-8/h11-13,24H,7,9-10H2,1-6,8H3,(H2,20,23)(H,22,28)/t11-,12+,13-/m1/s1. The first-order valence-electron chi connectivity index (χ1n) is 9.62. The van der Waals surface area contributed by atoms with Crippen LogP contribution in [0.4, 0.5) is 4.79 Å². The molecule has 1 saturated heterocycles. The average Bonchev–Trinajstić information content (AvgIpc) is 3.06. The van der Waals surface area contributed by atoms with Crippen LogP contribution in [0.1, 0.15) is 48.0 Å². The van der Waals surface area contributed by atoms with E-state index < -0.39 is 47.0 Å². The zero-order valence-corrected chi connectivity index (χ0v) is 18.8. The van der Waals surface area contributed by atoms with Gasteiger partial charge in [0.05, 0.1) is 7.11 Å². The predicted octanol–water partition coefficient (Wildman–Crippen LogP) is 0.793. The van der Waals surface area contributed by atoms with Gasteiger partial charge in [-0.25, -0.2) is 9.59 Å². The third kappa shape index (κ3) is 6.89. The van der Waals surface area contributed by atoms with E-state index in [-0.39, 0.29) is 18.8 Å². The van der Waals surface area contributed by atoms with Crippen LogP contribution in [0.25, 0.3) is 0 Å². The number of hydrogen-bond acceptors (Lipinski definition) is 8. The van der Waals surface area contributed by atoms with Crippen molar-refractivity contribution in [1.29, 1.82) is 0 Å². The molecule has 11 nitrogen and oxygen atoms in total. The number of hydrogen-bond donors (Lipinski definition) is 3. The fourth-order valence-corrected chi connectivity index (χ4v) is 3.08. The molecule has 1 rings (SSSR count). The summed E-state index contributed by atoms with van der Waals surface area (Å²) in [7, 11) is 1.25. The van der Waals surface area contributed by atoms with Gasteiger partial charge in [-0.1, -0.05) is 20.8 Å². The summed E-state index contributed by atoms with van der Waals surface area (Å²) in [6, 6.07) is -1.80. The molecule has 3 atom stereocenters. The van der Waals surface area contributed by atoms with Gasteiger partial charge in [0, 0.05) is 19.2 Å². The second kappa shape index (κ2) is 9.77. The Morgan fingerprint density at radius 2 is 1.80 bits per heavy atom. The summed E-state index contributed by atoms with van der Waals surface area (Å²) >= 11 is 0. The van der Waals surface area contributed by atoms with Crippen LogP contribution in [-0.2, 0) is 19.1 Å². The topological polar surface area (TPSA) is 148 Å². The number of hydrazone groups is 2. The molecule has 4 N–H and O–H groups in total. The Kier molecular flexibility index (Phi) is 8.20. The number of alkyl carbamates (subject to hydrolysis) is 1. The second-order valence-electron chi connectivity index (χ2n) is 9.20. The lowest BCUT2D eigenvalue weighted by Gasteiger charge is -2.35. The number of ether oxygens (including phenoxy) is 2. The van der Waals surface area contributed by atoms with Crippen molar-refractivity contribution in [2.24, 2.45) is 27.3 Å². The number of carbonyl (C=O) groups excluding carboxylic acids is 3. The second-order valence-corrected chi connectivity index (χ2v) is 9.20. The van der Waals surface area contributed by atoms with E-state index in [9.17, 15) is 14.4 Å². The van der Waals surface area contributed by atoms with E-state index >= 15 is 0 Å². The highest BCUT2D eigenvalue weighted by atomic mass is 16.6. The third-order valence-corrected chi connectivity index (χ3v) is 4.50. The SMILES string of the molecule is C=NN/N=C(\N)[C@@H]1C[C@@H](C(=O)OC)N(C(=O)[C@@H](NC(=O)OC(C)(C)C)C(C)(C)C)C1. The lowest BCUT2D eigenvalue weighted by molar-refractivity contribution is -0.152. The van der Waals surface area contributed by atoms with Crippen LogP contribution in [0.15, 0.2) is 10.2 Å². The highest BCUT2D eigenvalue weighted by molar-refractivity contribution is 5.93. The van der Waals surface area contributed by atoms with Crippen LogP contribution in [0.3, 0.4) is 0 Å². The number of amides is 2. The molecule has 0 aliphatic carbocycles. The minimum absolute atomic E-state index is 0.134. The van der Waals surface area contributed by atoms with Crippen molar-refractivity contribution < 1.29 is 23.9 Å². The molecule has 0 aromatic carbocycles. The van der Waals surface area contributed by atoms with Crippen molar-refractivity contribution in [3.8, 4) is 0 Å². The number of methoxy groups -OCH3 is 1. The number of nitrogens with two attached hydrogens (primary N) is 1. The third-order valence-electron chi connectivity index (χ3n) is 4.50. The zero-order valence-electron chi connectivity index (χ0n) is 18.8. The Bertz CT molecular complexity index is 695. The number of nitrogens with zero attached hydrogens (tertiary/aromatic N) is 3. The molecule has 2 amide bonds. The highest BCUT2D eigenvalue weighted by Gasteiger charge is 2.46. The quantitative estimate of drug-likeness (QED) is 0.246. The largest absolute Gasteiger partial charge is 0.467 e. The number of carbonyl (C=O) groups is 3. The molecule has 30 heavy (non-hydrogen) atoms. The summed E-state index contributed by atoms with van der Waals surface area (Å²) in [6.45, 7) is 14.0. The summed E-state index contributed by atoms with van der Waals surface area (Å²) in [4.78, 5) is 39.5. The van der Waals surface area contributed by atoms with Crippen molar-refractivity contribution in [3.05, 3.63) is 0 Å². The van der Waals surface area contributed by atoms with Gasteiger partial charge in [-0.15, -0.1) is 5.10 Å². The van der Waals surface area contributed by atoms with Gasteiger partial charge < -0.3 is 25.4 Å². The van der Waals surface area contributed by atoms with Crippen LogP contribution in [-0.4, -0.2) is 66.8 Å². The van der Waals surface area contributed by atoms with E-state index in [2.05, 4.69) is 27.8 Å². The van der Waals surface area contributed by atoms with Gasteiger partial charge in [0.2, 0.25) is 5.91 Å². The molecule has 0 aromatic rings. The Morgan fingerprint density at radius 3 is 2.27 bits per heavy atom. The molecule has 0 aromatic heterocycles. The van der Waals surface area contributed by atoms with Crippen LogP contribution in [0.2, 0.25) is 0 Å². The first-order valence-corrected chi connectivity index (χ1v) is 9.62. The minimum Gasteiger partial charge on any atom is -0.467 e. The highest BCUT2D eigenvalue weighted by Crippen LogP contribution is 2.29. The van der Waals surface area contributed by atoms with Crippen molar-refractivity contribution in [3.63, 3.8) is 0 Å². The first-order chi connectivity index (χ1) is 13.7. The number of rotatable bonds is 6. The van der Waals surface area contributed by atoms with Gasteiger partial charge in [-0.05, 0) is 32.6 Å². The van der Waals surface area contributed by atoms with Gasteiger partial charge in [-0.3, -0.25) is 4.79 Å². The molecule has 0 radical (unpaired) electrons. The van der Waals surface area contributed by atoms with Crippen LogP contribution >= 0.6 is 0 Å². The lowest BCUT2D eigenvalue weighted by Crippen LogP contribution is -2.57. The molecule has 0 bridgehead atoms. The smallest absolute Gasteiger partial charge is 0.408 e. The molecule has 1 aliphatic heterocycles. The van der Waals surface area contributed by atoms with E-state index in [1.54, 1.807) is 20.8 Å². The summed E-state index contributed by atoms with van der Waals surface area (Å²) in [5.41, 5.74) is 6.89. The normalized spacial score (nSPS) is 20.9. The molecule has 170 valence electrons. The molecule has 0 unspecified atom stereocenters. The number of likely N-dealkylation sites (tertiary alicyclic amines) is 1. The molecule has 1 aliphatic rings. The fourth-order valence-electron chi connectivity index (χ4n) is 3.08. The summed E-state index contributed by atoms with van der Waals surface area (Å²) < 4.78 is 10.2. The minimum atomic E-state index is -0.940. The number of amidine groups is 1. The first kappa shape index (κ1) is 25.2. The van der Waals surface area contributed by atoms with Crippen LogP contribution in [0.5, 0.6) is 0 Å². The van der Waals surface area contributed by atoms with Crippen molar-refractivity contribution >= 4 is 30.5 Å². The summed E-state index contributed by atoms with van der Waals surface area (Å²) in [6.07, 6.45) is -0.487. The Morgan fingerprint density at radius 1 is 1.20 bits per heavy atom. The van der Waals surface area contributed by atoms with E-state index in [0.29, 0.717) is 0 Å². The van der Waals surface area contributed by atoms with Crippen molar-refractivity contribution in [2.75, 3.05) is 13.7 Å². The monoisotopic (exact) mass is 426 g/mol. The maximum absolute atomic E-state index is 13.4. The van der Waals surface area contributed by atoms with Gasteiger partial charge in [0.25, 0.3) is 0 Å². The fraction of sp³-hybridized carbons (Fsp3) is 0.737. The number of nitrogens with one attached hydrogen (secondary N) is 2. The Hall–Kier alpha value is -2.85. The average molecular weight is 427 g/mol. The van der Waals surface area contributed by atoms with Gasteiger partial charge in [-0.2, -0.15) is 10.6 Å². The van der Waals surface area contributed by atoms with E-state index in [0.717, 1.165) is 0 Å². The lowest BCUT2D eigenvalue weighted by atomic mass is 9.85. The Labute approximate surface area is 177 Å². The zero-order chi connectivity index (χ0) is 23.3. The summed E-state index contributed by atoms with van der Waals surface area (Å²) in [5, 5.41) is 9.89. The van der Waals surface area contributed by atoms with Gasteiger partial charge in [0.1, 0.15) is 23.5 Å². The van der Waals surface area contributed by atoms with Gasteiger partial charge in [0.15, 0.2) is 0 Å². The molecule has 0 spiro atoms. The molecular weight excluding hydrogens is 392 g/mol. The maximum atomic E-state index is 13.4. The van der Waals surface area contributed by atoms with Gasteiger partial charge >= 0.3 is 12.1 Å². The maximum Gasteiger partial charge on any atom is 0.408 e. The van der Waals surface area contributed by atoms with E-state index in [1.807, 2.05) is 20.8 Å². The van der Waals surface area contributed by atoms with Crippen molar-refractivity contribution in [2.45, 2.75) is 65.6 Å². The molecular formula is C19H34N6O5. The molecule has 11 heteroatoms. The number of esters is 1. The Balaban J connectivity index is 3.16. The van der Waals surface area contributed by atoms with E-state index in [1.165, 1.54) is 12.0 Å². The molecule has 0 saturated carbocycles. The van der Waals surface area contributed by atoms with E-state index in [4.69, 9.17) is 15.2 Å². The molecule has 1 heterocycles.